The summed E-state index contributed by atoms with van der Waals surface area (Å²) in [5.74, 6) is -1.11. The van der Waals surface area contributed by atoms with E-state index >= 15 is 0 Å². The normalized spacial score (nSPS) is 10.7. The molecule has 0 unspecified atom stereocenters. The van der Waals surface area contributed by atoms with E-state index in [2.05, 4.69) is 10.3 Å². The molecule has 0 saturated heterocycles. The molecule has 0 saturated carbocycles. The van der Waals surface area contributed by atoms with E-state index in [9.17, 15) is 14.0 Å². The summed E-state index contributed by atoms with van der Waals surface area (Å²) in [5.41, 5.74) is 0.795. The molecule has 2 aromatic carbocycles. The maximum absolute atomic E-state index is 13.7. The van der Waals surface area contributed by atoms with Crippen molar-refractivity contribution in [1.82, 2.24) is 4.98 Å². The van der Waals surface area contributed by atoms with Gasteiger partial charge in [-0.15, -0.1) is 0 Å². The lowest BCUT2D eigenvalue weighted by Crippen LogP contribution is -2.22. The number of para-hydroxylation sites is 1. The average Bonchev–Trinajstić information content (AvgIpc) is 2.51. The summed E-state index contributed by atoms with van der Waals surface area (Å²) in [4.78, 5) is 27.4. The Morgan fingerprint density at radius 2 is 2.04 bits per heavy atom. The first-order valence-electron chi connectivity index (χ1n) is 6.85. The van der Waals surface area contributed by atoms with Crippen molar-refractivity contribution in [2.45, 2.75) is 6.92 Å². The Balaban J connectivity index is 2.01. The van der Waals surface area contributed by atoms with Gasteiger partial charge in [0.15, 0.2) is 0 Å². The number of fused-ring (bicyclic) bond motifs is 1. The van der Waals surface area contributed by atoms with Gasteiger partial charge in [0, 0.05) is 22.3 Å². The molecule has 0 aliphatic heterocycles. The van der Waals surface area contributed by atoms with E-state index in [4.69, 9.17) is 11.6 Å². The third-order valence-electron chi connectivity index (χ3n) is 3.54. The molecule has 0 fully saturated rings. The number of benzene rings is 2. The monoisotopic (exact) mass is 330 g/mol. The fourth-order valence-corrected chi connectivity index (χ4v) is 2.57. The molecular weight excluding hydrogens is 319 g/mol. The van der Waals surface area contributed by atoms with Gasteiger partial charge < -0.3 is 10.3 Å². The summed E-state index contributed by atoms with van der Waals surface area (Å²) < 4.78 is 13.7. The fourth-order valence-electron chi connectivity index (χ4n) is 2.34. The average molecular weight is 331 g/mol. The molecule has 0 bridgehead atoms. The van der Waals surface area contributed by atoms with Gasteiger partial charge in [-0.3, -0.25) is 9.59 Å². The zero-order chi connectivity index (χ0) is 16.6. The van der Waals surface area contributed by atoms with Crippen LogP contribution in [0.25, 0.3) is 10.9 Å². The standard InChI is InChI=1S/C17H12ClFN2O2/c1-9-7-10(18)5-6-14(9)21-17(23)12-8-20-15-11(16(12)22)3-2-4-13(15)19/h2-8H,1H3,(H,20,22)(H,21,23). The van der Waals surface area contributed by atoms with Crippen LogP contribution in [0, 0.1) is 12.7 Å². The number of carbonyl (C=O) groups excluding carboxylic acids is 1. The van der Waals surface area contributed by atoms with Crippen LogP contribution < -0.4 is 10.7 Å². The lowest BCUT2D eigenvalue weighted by molar-refractivity contribution is 0.102. The van der Waals surface area contributed by atoms with Crippen molar-refractivity contribution >= 4 is 34.1 Å². The van der Waals surface area contributed by atoms with E-state index in [-0.39, 0.29) is 16.5 Å². The third kappa shape index (κ3) is 2.83. The number of aromatic amines is 1. The molecule has 1 aromatic heterocycles. The molecule has 23 heavy (non-hydrogen) atoms. The molecule has 116 valence electrons. The number of aryl methyl sites for hydroxylation is 1. The Kier molecular flexibility index (Phi) is 3.88. The van der Waals surface area contributed by atoms with Crippen LogP contribution >= 0.6 is 11.6 Å². The second-order valence-corrected chi connectivity index (χ2v) is 5.54. The van der Waals surface area contributed by atoms with Gasteiger partial charge in [-0.2, -0.15) is 0 Å². The molecule has 1 amide bonds. The summed E-state index contributed by atoms with van der Waals surface area (Å²) in [6.45, 7) is 1.79. The van der Waals surface area contributed by atoms with Gasteiger partial charge in [0.05, 0.1) is 5.52 Å². The minimum Gasteiger partial charge on any atom is -0.358 e. The lowest BCUT2D eigenvalue weighted by Gasteiger charge is -2.09. The number of rotatable bonds is 2. The van der Waals surface area contributed by atoms with Crippen molar-refractivity contribution in [3.63, 3.8) is 0 Å². The maximum Gasteiger partial charge on any atom is 0.261 e. The highest BCUT2D eigenvalue weighted by molar-refractivity contribution is 6.30. The zero-order valence-electron chi connectivity index (χ0n) is 12.1. The van der Waals surface area contributed by atoms with Crippen LogP contribution in [0.3, 0.4) is 0 Å². The summed E-state index contributed by atoms with van der Waals surface area (Å²) in [7, 11) is 0. The highest BCUT2D eigenvalue weighted by atomic mass is 35.5. The Labute approximate surface area is 135 Å². The SMILES string of the molecule is Cc1cc(Cl)ccc1NC(=O)c1c[nH]c2c(F)cccc2c1=O. The van der Waals surface area contributed by atoms with E-state index < -0.39 is 17.2 Å². The number of pyridine rings is 1. The molecule has 3 rings (SSSR count). The summed E-state index contributed by atoms with van der Waals surface area (Å²) in [5, 5.41) is 3.35. The van der Waals surface area contributed by atoms with E-state index in [0.29, 0.717) is 10.7 Å². The number of nitrogens with one attached hydrogen (secondary N) is 2. The first kappa shape index (κ1) is 15.2. The third-order valence-corrected chi connectivity index (χ3v) is 3.78. The minimum atomic E-state index is -0.567. The molecule has 0 spiro atoms. The quantitative estimate of drug-likeness (QED) is 0.749. The van der Waals surface area contributed by atoms with Crippen molar-refractivity contribution < 1.29 is 9.18 Å². The first-order chi connectivity index (χ1) is 11.0. The number of aromatic nitrogens is 1. The Morgan fingerprint density at radius 1 is 1.26 bits per heavy atom. The summed E-state index contributed by atoms with van der Waals surface area (Å²) >= 11 is 5.87. The number of H-pyrrole nitrogens is 1. The van der Waals surface area contributed by atoms with E-state index in [1.807, 2.05) is 0 Å². The van der Waals surface area contributed by atoms with E-state index in [1.54, 1.807) is 25.1 Å². The van der Waals surface area contributed by atoms with Crippen LogP contribution in [0.1, 0.15) is 15.9 Å². The number of hydrogen-bond acceptors (Lipinski definition) is 2. The van der Waals surface area contributed by atoms with Gasteiger partial charge in [-0.05, 0) is 42.8 Å². The van der Waals surface area contributed by atoms with E-state index in [1.165, 1.54) is 24.4 Å². The predicted molar refractivity (Wildman–Crippen MR) is 88.7 cm³/mol. The molecule has 1 heterocycles. The number of halogens is 2. The van der Waals surface area contributed by atoms with Gasteiger partial charge in [0.25, 0.3) is 5.91 Å². The maximum atomic E-state index is 13.7. The van der Waals surface area contributed by atoms with Crippen molar-refractivity contribution in [3.8, 4) is 0 Å². The number of amides is 1. The van der Waals surface area contributed by atoms with Crippen molar-refractivity contribution in [2.24, 2.45) is 0 Å². The highest BCUT2D eigenvalue weighted by Crippen LogP contribution is 2.20. The summed E-state index contributed by atoms with van der Waals surface area (Å²) in [6, 6.07) is 9.15. The summed E-state index contributed by atoms with van der Waals surface area (Å²) in [6.07, 6.45) is 1.22. The van der Waals surface area contributed by atoms with Crippen LogP contribution in [0.2, 0.25) is 5.02 Å². The Morgan fingerprint density at radius 3 is 2.78 bits per heavy atom. The molecular formula is C17H12ClFN2O2. The smallest absolute Gasteiger partial charge is 0.261 e. The molecule has 0 atom stereocenters. The molecule has 0 radical (unpaired) electrons. The Hall–Kier alpha value is -2.66. The molecule has 0 aliphatic rings. The first-order valence-corrected chi connectivity index (χ1v) is 7.22. The van der Waals surface area contributed by atoms with Gasteiger partial charge in [0.2, 0.25) is 5.43 Å². The predicted octanol–water partition coefficient (Wildman–Crippen LogP) is 3.88. The van der Waals surface area contributed by atoms with Crippen LogP contribution in [0.4, 0.5) is 10.1 Å². The minimum absolute atomic E-state index is 0.0803. The van der Waals surface area contributed by atoms with Crippen LogP contribution in [-0.4, -0.2) is 10.9 Å². The van der Waals surface area contributed by atoms with Gasteiger partial charge in [0.1, 0.15) is 11.4 Å². The van der Waals surface area contributed by atoms with Crippen LogP contribution in [0.15, 0.2) is 47.4 Å². The fraction of sp³-hybridized carbons (Fsp3) is 0.0588. The molecule has 4 nitrogen and oxygen atoms in total. The topological polar surface area (TPSA) is 62.0 Å². The van der Waals surface area contributed by atoms with E-state index in [0.717, 1.165) is 5.56 Å². The lowest BCUT2D eigenvalue weighted by atomic mass is 10.1. The van der Waals surface area contributed by atoms with Crippen molar-refractivity contribution in [2.75, 3.05) is 5.32 Å². The molecule has 3 aromatic rings. The van der Waals surface area contributed by atoms with Crippen molar-refractivity contribution in [3.05, 3.63) is 74.8 Å². The van der Waals surface area contributed by atoms with Crippen LogP contribution in [0.5, 0.6) is 0 Å². The molecule has 6 heteroatoms. The second kappa shape index (κ2) is 5.85. The second-order valence-electron chi connectivity index (χ2n) is 5.11. The van der Waals surface area contributed by atoms with Gasteiger partial charge in [-0.25, -0.2) is 4.39 Å². The molecule has 0 aliphatic carbocycles. The highest BCUT2D eigenvalue weighted by Gasteiger charge is 2.15. The number of carbonyl (C=O) groups is 1. The van der Waals surface area contributed by atoms with Gasteiger partial charge in [-0.1, -0.05) is 17.7 Å². The van der Waals surface area contributed by atoms with Crippen LogP contribution in [-0.2, 0) is 0 Å². The number of anilines is 1. The largest absolute Gasteiger partial charge is 0.358 e. The Bertz CT molecular complexity index is 982. The zero-order valence-corrected chi connectivity index (χ0v) is 12.9. The van der Waals surface area contributed by atoms with Crippen molar-refractivity contribution in [1.29, 1.82) is 0 Å². The number of hydrogen-bond donors (Lipinski definition) is 2. The van der Waals surface area contributed by atoms with Gasteiger partial charge >= 0.3 is 0 Å². The molecule has 2 N–H and O–H groups in total.